The van der Waals surface area contributed by atoms with Crippen LogP contribution in [0.5, 0.6) is 5.75 Å². The molecule has 2 aromatic rings. The molecule has 3 heteroatoms. The van der Waals surface area contributed by atoms with E-state index in [-0.39, 0.29) is 11.5 Å². The standard InChI is InChI=1S/C17H22N2O/c1-4-18-14-11-15(17(14,2)3)20-13-9-5-7-12-8-6-10-19-16(12)13/h5-10,14-15,18H,4,11H2,1-3H3. The molecule has 3 nitrogen and oxygen atoms in total. The molecule has 1 aromatic carbocycles. The van der Waals surface area contributed by atoms with E-state index in [1.807, 2.05) is 24.4 Å². The van der Waals surface area contributed by atoms with Gasteiger partial charge in [-0.15, -0.1) is 0 Å². The van der Waals surface area contributed by atoms with E-state index in [2.05, 4.69) is 43.2 Å². The van der Waals surface area contributed by atoms with E-state index in [1.165, 1.54) is 0 Å². The van der Waals surface area contributed by atoms with Crippen molar-refractivity contribution in [3.63, 3.8) is 0 Å². The third-order valence-corrected chi connectivity index (χ3v) is 4.49. The lowest BCUT2D eigenvalue weighted by atomic mass is 9.64. The third kappa shape index (κ3) is 2.16. The summed E-state index contributed by atoms with van der Waals surface area (Å²) in [4.78, 5) is 4.46. The van der Waals surface area contributed by atoms with Crippen molar-refractivity contribution in [2.75, 3.05) is 6.54 Å². The highest BCUT2D eigenvalue weighted by molar-refractivity contribution is 5.84. The van der Waals surface area contributed by atoms with Gasteiger partial charge in [0.1, 0.15) is 17.4 Å². The molecule has 1 aliphatic carbocycles. The number of para-hydroxylation sites is 1. The predicted octanol–water partition coefficient (Wildman–Crippen LogP) is 3.39. The first-order valence-corrected chi connectivity index (χ1v) is 7.36. The fraction of sp³-hybridized carbons (Fsp3) is 0.471. The van der Waals surface area contributed by atoms with Crippen molar-refractivity contribution >= 4 is 10.9 Å². The number of nitrogens with one attached hydrogen (secondary N) is 1. The number of aromatic nitrogens is 1. The van der Waals surface area contributed by atoms with Crippen LogP contribution in [0.15, 0.2) is 36.5 Å². The lowest BCUT2D eigenvalue weighted by molar-refractivity contribution is -0.0534. The van der Waals surface area contributed by atoms with Crippen LogP contribution in [-0.2, 0) is 0 Å². The molecule has 0 spiro atoms. The molecule has 2 atom stereocenters. The molecule has 1 saturated carbocycles. The molecule has 1 heterocycles. The van der Waals surface area contributed by atoms with Gasteiger partial charge in [-0.3, -0.25) is 4.98 Å². The quantitative estimate of drug-likeness (QED) is 0.924. The van der Waals surface area contributed by atoms with Gasteiger partial charge in [0.05, 0.1) is 0 Å². The highest BCUT2D eigenvalue weighted by atomic mass is 16.5. The SMILES string of the molecule is CCNC1CC(Oc2cccc3cccnc23)C1(C)C. The number of hydrogen-bond donors (Lipinski definition) is 1. The van der Waals surface area contributed by atoms with Crippen LogP contribution < -0.4 is 10.1 Å². The molecule has 1 N–H and O–H groups in total. The van der Waals surface area contributed by atoms with Crippen molar-refractivity contribution in [2.24, 2.45) is 5.41 Å². The fourth-order valence-electron chi connectivity index (χ4n) is 3.00. The Kier molecular flexibility index (Phi) is 3.38. The zero-order chi connectivity index (χ0) is 14.2. The van der Waals surface area contributed by atoms with E-state index in [4.69, 9.17) is 4.74 Å². The third-order valence-electron chi connectivity index (χ3n) is 4.49. The highest BCUT2D eigenvalue weighted by Gasteiger charge is 2.49. The van der Waals surface area contributed by atoms with Crippen molar-refractivity contribution < 1.29 is 4.74 Å². The number of benzene rings is 1. The van der Waals surface area contributed by atoms with E-state index in [9.17, 15) is 0 Å². The van der Waals surface area contributed by atoms with Crippen LogP contribution in [0.1, 0.15) is 27.2 Å². The van der Waals surface area contributed by atoms with Crippen LogP contribution in [0.2, 0.25) is 0 Å². The maximum atomic E-state index is 6.25. The van der Waals surface area contributed by atoms with Gasteiger partial charge in [0.25, 0.3) is 0 Å². The van der Waals surface area contributed by atoms with Crippen molar-refractivity contribution in [3.8, 4) is 5.75 Å². The number of fused-ring (bicyclic) bond motifs is 1. The molecule has 2 unspecified atom stereocenters. The Morgan fingerprint density at radius 2 is 2.10 bits per heavy atom. The van der Waals surface area contributed by atoms with Gasteiger partial charge >= 0.3 is 0 Å². The fourth-order valence-corrected chi connectivity index (χ4v) is 3.00. The van der Waals surface area contributed by atoms with Gasteiger partial charge in [0.2, 0.25) is 0 Å². The lowest BCUT2D eigenvalue weighted by Gasteiger charge is -2.51. The molecular formula is C17H22N2O. The average Bonchev–Trinajstić information content (AvgIpc) is 2.46. The zero-order valence-electron chi connectivity index (χ0n) is 12.4. The summed E-state index contributed by atoms with van der Waals surface area (Å²) in [6.07, 6.45) is 3.13. The van der Waals surface area contributed by atoms with Gasteiger partial charge < -0.3 is 10.1 Å². The first-order valence-electron chi connectivity index (χ1n) is 7.36. The minimum atomic E-state index is 0.160. The summed E-state index contributed by atoms with van der Waals surface area (Å²) in [5, 5.41) is 4.66. The maximum absolute atomic E-state index is 6.25. The van der Waals surface area contributed by atoms with Gasteiger partial charge in [-0.2, -0.15) is 0 Å². The molecule has 0 radical (unpaired) electrons. The molecule has 0 aliphatic heterocycles. The molecule has 1 aromatic heterocycles. The van der Waals surface area contributed by atoms with E-state index in [0.29, 0.717) is 6.04 Å². The number of hydrogen-bond acceptors (Lipinski definition) is 3. The maximum Gasteiger partial charge on any atom is 0.145 e. The van der Waals surface area contributed by atoms with Crippen LogP contribution in [0.3, 0.4) is 0 Å². The number of ether oxygens (including phenoxy) is 1. The normalized spacial score (nSPS) is 24.4. The van der Waals surface area contributed by atoms with Crippen molar-refractivity contribution in [1.29, 1.82) is 0 Å². The smallest absolute Gasteiger partial charge is 0.145 e. The molecule has 3 rings (SSSR count). The van der Waals surface area contributed by atoms with E-state index in [1.54, 1.807) is 0 Å². The molecule has 0 bridgehead atoms. The summed E-state index contributed by atoms with van der Waals surface area (Å²) in [6.45, 7) is 7.70. The summed E-state index contributed by atoms with van der Waals surface area (Å²) in [7, 11) is 0. The minimum absolute atomic E-state index is 0.160. The molecule has 0 saturated heterocycles. The minimum Gasteiger partial charge on any atom is -0.487 e. The second-order valence-electron chi connectivity index (χ2n) is 6.11. The summed E-state index contributed by atoms with van der Waals surface area (Å²) in [5.41, 5.74) is 1.12. The lowest BCUT2D eigenvalue weighted by Crippen LogP contribution is -2.62. The number of pyridine rings is 1. The van der Waals surface area contributed by atoms with Crippen LogP contribution >= 0.6 is 0 Å². The Labute approximate surface area is 120 Å². The van der Waals surface area contributed by atoms with Crippen LogP contribution in [0.25, 0.3) is 10.9 Å². The molecular weight excluding hydrogens is 248 g/mol. The monoisotopic (exact) mass is 270 g/mol. The highest BCUT2D eigenvalue weighted by Crippen LogP contribution is 2.43. The first kappa shape index (κ1) is 13.4. The average molecular weight is 270 g/mol. The summed E-state index contributed by atoms with van der Waals surface area (Å²) in [5.74, 6) is 0.899. The summed E-state index contributed by atoms with van der Waals surface area (Å²) >= 11 is 0. The van der Waals surface area contributed by atoms with Crippen molar-refractivity contribution in [2.45, 2.75) is 39.3 Å². The Hall–Kier alpha value is -1.61. The second kappa shape index (κ2) is 5.06. The molecule has 1 fully saturated rings. The van der Waals surface area contributed by atoms with Gasteiger partial charge in [-0.25, -0.2) is 0 Å². The van der Waals surface area contributed by atoms with Gasteiger partial charge in [0, 0.05) is 29.5 Å². The van der Waals surface area contributed by atoms with Gasteiger partial charge in [-0.1, -0.05) is 39.0 Å². The molecule has 0 amide bonds. The first-order chi connectivity index (χ1) is 9.63. The topological polar surface area (TPSA) is 34.1 Å². The van der Waals surface area contributed by atoms with E-state index in [0.717, 1.165) is 29.6 Å². The predicted molar refractivity (Wildman–Crippen MR) is 82.0 cm³/mol. The Balaban J connectivity index is 1.81. The Morgan fingerprint density at radius 1 is 1.30 bits per heavy atom. The largest absolute Gasteiger partial charge is 0.487 e. The van der Waals surface area contributed by atoms with Crippen LogP contribution in [0.4, 0.5) is 0 Å². The summed E-state index contributed by atoms with van der Waals surface area (Å²) < 4.78 is 6.25. The number of rotatable bonds is 4. The molecule has 1 aliphatic rings. The van der Waals surface area contributed by atoms with Crippen LogP contribution in [-0.4, -0.2) is 23.7 Å². The second-order valence-corrected chi connectivity index (χ2v) is 6.11. The van der Waals surface area contributed by atoms with Gasteiger partial charge in [0.15, 0.2) is 0 Å². The van der Waals surface area contributed by atoms with E-state index >= 15 is 0 Å². The summed E-state index contributed by atoms with van der Waals surface area (Å²) in [6, 6.07) is 10.7. The zero-order valence-corrected chi connectivity index (χ0v) is 12.4. The van der Waals surface area contributed by atoms with Crippen molar-refractivity contribution in [1.82, 2.24) is 10.3 Å². The van der Waals surface area contributed by atoms with Crippen molar-refractivity contribution in [3.05, 3.63) is 36.5 Å². The number of nitrogens with zero attached hydrogens (tertiary/aromatic N) is 1. The Bertz CT molecular complexity index is 603. The van der Waals surface area contributed by atoms with Crippen LogP contribution in [0, 0.1) is 5.41 Å². The van der Waals surface area contributed by atoms with E-state index < -0.39 is 0 Å². The molecule has 20 heavy (non-hydrogen) atoms. The Morgan fingerprint density at radius 3 is 2.85 bits per heavy atom. The molecule has 106 valence electrons. The van der Waals surface area contributed by atoms with Gasteiger partial charge in [-0.05, 0) is 18.7 Å².